The van der Waals surface area contributed by atoms with E-state index in [2.05, 4.69) is 35.4 Å². The monoisotopic (exact) mass is 278 g/mol. The summed E-state index contributed by atoms with van der Waals surface area (Å²) in [6.07, 6.45) is 9.85. The zero-order valence-corrected chi connectivity index (χ0v) is 10.3. The minimum Gasteiger partial charge on any atom is -0.286 e. The molecular weight excluding hydrogens is 268 g/mol. The van der Waals surface area contributed by atoms with Crippen LogP contribution in [0.15, 0.2) is 23.3 Å². The highest BCUT2D eigenvalue weighted by Crippen LogP contribution is 2.25. The summed E-state index contributed by atoms with van der Waals surface area (Å²) in [5.74, 6) is 0.880. The first kappa shape index (κ1) is 9.96. The summed E-state index contributed by atoms with van der Waals surface area (Å²) in [5, 5.41) is 0. The van der Waals surface area contributed by atoms with E-state index in [-0.39, 0.29) is 0 Å². The van der Waals surface area contributed by atoms with Crippen molar-refractivity contribution in [2.24, 2.45) is 0 Å². The second-order valence-corrected chi connectivity index (χ2v) is 4.76. The van der Waals surface area contributed by atoms with Crippen molar-refractivity contribution in [2.75, 3.05) is 0 Å². The number of nitrogens with zero attached hydrogens (tertiary/aromatic N) is 4. The van der Waals surface area contributed by atoms with E-state index in [1.807, 2.05) is 6.33 Å². The average molecular weight is 279 g/mol. The lowest BCUT2D eigenvalue weighted by Gasteiger charge is -2.13. The second kappa shape index (κ2) is 3.97. The lowest BCUT2D eigenvalue weighted by atomic mass is 10.0. The van der Waals surface area contributed by atoms with Crippen LogP contribution in [0.25, 0.3) is 5.82 Å². The molecule has 82 valence electrons. The average Bonchev–Trinajstić information content (AvgIpc) is 2.74. The van der Waals surface area contributed by atoms with Gasteiger partial charge in [0.25, 0.3) is 0 Å². The predicted molar refractivity (Wildman–Crippen MR) is 63.5 cm³/mol. The Morgan fingerprint density at radius 3 is 2.94 bits per heavy atom. The molecule has 0 fully saturated rings. The summed E-state index contributed by atoms with van der Waals surface area (Å²) < 4.78 is 2.97. The van der Waals surface area contributed by atoms with Gasteiger partial charge in [-0.15, -0.1) is 0 Å². The number of halogens is 1. The molecule has 0 aromatic carbocycles. The number of aromatic nitrogens is 4. The van der Waals surface area contributed by atoms with Crippen molar-refractivity contribution in [1.29, 1.82) is 0 Å². The van der Waals surface area contributed by atoms with Crippen LogP contribution in [0, 0.1) is 0 Å². The highest BCUT2D eigenvalue weighted by atomic mass is 79.9. The van der Waals surface area contributed by atoms with Gasteiger partial charge in [-0.3, -0.25) is 4.57 Å². The maximum Gasteiger partial charge on any atom is 0.155 e. The lowest BCUT2D eigenvalue weighted by molar-refractivity contribution is 0.653. The van der Waals surface area contributed by atoms with E-state index in [9.17, 15) is 0 Å². The smallest absolute Gasteiger partial charge is 0.155 e. The van der Waals surface area contributed by atoms with Crippen molar-refractivity contribution in [2.45, 2.75) is 25.7 Å². The Hall–Kier alpha value is -1.23. The minimum absolute atomic E-state index is 0.880. The van der Waals surface area contributed by atoms with Crippen LogP contribution in [0.2, 0.25) is 0 Å². The second-order valence-electron chi connectivity index (χ2n) is 3.91. The molecule has 2 aromatic heterocycles. The molecule has 5 heteroatoms. The Morgan fingerprint density at radius 1 is 1.19 bits per heavy atom. The molecule has 0 aliphatic heterocycles. The van der Waals surface area contributed by atoms with E-state index in [4.69, 9.17) is 0 Å². The van der Waals surface area contributed by atoms with Gasteiger partial charge in [0, 0.05) is 11.9 Å². The van der Waals surface area contributed by atoms with Crippen LogP contribution < -0.4 is 0 Å². The van der Waals surface area contributed by atoms with Crippen molar-refractivity contribution < 1.29 is 0 Å². The van der Waals surface area contributed by atoms with Crippen molar-refractivity contribution in [3.05, 3.63) is 34.7 Å². The summed E-state index contributed by atoms with van der Waals surface area (Å²) in [6.45, 7) is 0. The Bertz CT molecular complexity index is 520. The Labute approximate surface area is 102 Å². The van der Waals surface area contributed by atoms with E-state index < -0.39 is 0 Å². The molecule has 0 unspecified atom stereocenters. The van der Waals surface area contributed by atoms with Crippen LogP contribution in [0.3, 0.4) is 0 Å². The zero-order chi connectivity index (χ0) is 11.0. The van der Waals surface area contributed by atoms with E-state index in [1.165, 1.54) is 24.2 Å². The third kappa shape index (κ3) is 1.55. The van der Waals surface area contributed by atoms with E-state index in [1.54, 1.807) is 12.5 Å². The fraction of sp³-hybridized carbons (Fsp3) is 0.364. The SMILES string of the molecule is Brc1cncnc1-n1cnc2c1CCCC2. The predicted octanol–water partition coefficient (Wildman–Crippen LogP) is 2.30. The van der Waals surface area contributed by atoms with Gasteiger partial charge in [0.2, 0.25) is 0 Å². The lowest BCUT2D eigenvalue weighted by Crippen LogP contribution is -2.08. The zero-order valence-electron chi connectivity index (χ0n) is 8.73. The molecule has 1 aliphatic rings. The summed E-state index contributed by atoms with van der Waals surface area (Å²) in [5.41, 5.74) is 2.52. The highest BCUT2D eigenvalue weighted by Gasteiger charge is 2.17. The molecular formula is C11H11BrN4. The van der Waals surface area contributed by atoms with Gasteiger partial charge in [0.1, 0.15) is 12.7 Å². The van der Waals surface area contributed by atoms with Crippen LogP contribution in [-0.4, -0.2) is 19.5 Å². The van der Waals surface area contributed by atoms with Crippen molar-refractivity contribution >= 4 is 15.9 Å². The first-order chi connectivity index (χ1) is 7.86. The Morgan fingerprint density at radius 2 is 2.06 bits per heavy atom. The number of imidazole rings is 1. The molecule has 2 heterocycles. The molecule has 0 N–H and O–H groups in total. The van der Waals surface area contributed by atoms with Gasteiger partial charge in [-0.1, -0.05) is 0 Å². The standard InChI is InChI=1S/C11H11BrN4/c12-8-5-13-6-14-11(8)16-7-15-9-3-1-2-4-10(9)16/h5-7H,1-4H2. The van der Waals surface area contributed by atoms with Crippen LogP contribution in [0.1, 0.15) is 24.2 Å². The third-order valence-electron chi connectivity index (χ3n) is 2.91. The van der Waals surface area contributed by atoms with Gasteiger partial charge in [0.05, 0.1) is 10.2 Å². The van der Waals surface area contributed by atoms with E-state index in [0.29, 0.717) is 0 Å². The summed E-state index contributed by atoms with van der Waals surface area (Å²) in [7, 11) is 0. The van der Waals surface area contributed by atoms with Crippen LogP contribution in [0.4, 0.5) is 0 Å². The fourth-order valence-corrected chi connectivity index (χ4v) is 2.55. The molecule has 1 aliphatic carbocycles. The molecule has 0 spiro atoms. The van der Waals surface area contributed by atoms with Crippen molar-refractivity contribution in [3.8, 4) is 5.82 Å². The maximum absolute atomic E-state index is 4.46. The summed E-state index contributed by atoms with van der Waals surface area (Å²) >= 11 is 3.47. The van der Waals surface area contributed by atoms with Crippen molar-refractivity contribution in [3.63, 3.8) is 0 Å². The van der Waals surface area contributed by atoms with Crippen LogP contribution >= 0.6 is 15.9 Å². The molecule has 16 heavy (non-hydrogen) atoms. The van der Waals surface area contributed by atoms with Gasteiger partial charge < -0.3 is 0 Å². The number of aryl methyl sites for hydroxylation is 1. The third-order valence-corrected chi connectivity index (χ3v) is 3.47. The molecule has 3 rings (SSSR count). The number of hydrogen-bond donors (Lipinski definition) is 0. The highest BCUT2D eigenvalue weighted by molar-refractivity contribution is 9.10. The molecule has 0 bridgehead atoms. The number of rotatable bonds is 1. The quantitative estimate of drug-likeness (QED) is 0.804. The number of hydrogen-bond acceptors (Lipinski definition) is 3. The Balaban J connectivity index is 2.13. The topological polar surface area (TPSA) is 43.6 Å². The minimum atomic E-state index is 0.880. The normalized spacial score (nSPS) is 14.8. The molecule has 0 saturated heterocycles. The molecule has 0 radical (unpaired) electrons. The van der Waals surface area contributed by atoms with Gasteiger partial charge in [0.15, 0.2) is 5.82 Å². The van der Waals surface area contributed by atoms with Crippen molar-refractivity contribution in [1.82, 2.24) is 19.5 Å². The van der Waals surface area contributed by atoms with Crippen LogP contribution in [-0.2, 0) is 12.8 Å². The summed E-state index contributed by atoms with van der Waals surface area (Å²) in [6, 6.07) is 0. The first-order valence-electron chi connectivity index (χ1n) is 5.37. The largest absolute Gasteiger partial charge is 0.286 e. The van der Waals surface area contributed by atoms with Gasteiger partial charge in [-0.05, 0) is 41.6 Å². The number of fused-ring (bicyclic) bond motifs is 1. The van der Waals surface area contributed by atoms with E-state index >= 15 is 0 Å². The first-order valence-corrected chi connectivity index (χ1v) is 6.16. The van der Waals surface area contributed by atoms with Gasteiger partial charge in [-0.25, -0.2) is 15.0 Å². The molecule has 0 saturated carbocycles. The van der Waals surface area contributed by atoms with E-state index in [0.717, 1.165) is 23.1 Å². The molecule has 4 nitrogen and oxygen atoms in total. The maximum atomic E-state index is 4.46. The molecule has 2 aromatic rings. The van der Waals surface area contributed by atoms with Gasteiger partial charge in [-0.2, -0.15) is 0 Å². The fourth-order valence-electron chi connectivity index (χ4n) is 2.14. The summed E-state index contributed by atoms with van der Waals surface area (Å²) in [4.78, 5) is 12.7. The molecule has 0 atom stereocenters. The van der Waals surface area contributed by atoms with Crippen LogP contribution in [0.5, 0.6) is 0 Å². The molecule has 0 amide bonds. The van der Waals surface area contributed by atoms with Gasteiger partial charge >= 0.3 is 0 Å². The Kier molecular flexibility index (Phi) is 2.47.